The molecule has 2 N–H and O–H groups in total. The fourth-order valence-corrected chi connectivity index (χ4v) is 2.13. The Morgan fingerprint density at radius 2 is 2.11 bits per heavy atom. The zero-order valence-corrected chi connectivity index (χ0v) is 11.5. The summed E-state index contributed by atoms with van der Waals surface area (Å²) in [6, 6.07) is -0.0252. The molecule has 1 aliphatic rings. The number of rotatable bonds is 5. The lowest BCUT2D eigenvalue weighted by Gasteiger charge is -2.21. The Labute approximate surface area is 109 Å². The lowest BCUT2D eigenvalue weighted by molar-refractivity contribution is -0.137. The van der Waals surface area contributed by atoms with Crippen LogP contribution in [0, 0.1) is 11.3 Å². The Kier molecular flexibility index (Phi) is 4.99. The number of hydrogen-bond acceptors (Lipinski definition) is 2. The highest BCUT2D eigenvalue weighted by Crippen LogP contribution is 2.28. The number of carbonyl (C=O) groups is 2. The molecule has 104 valence electrons. The first-order valence-corrected chi connectivity index (χ1v) is 6.55. The third-order valence-corrected chi connectivity index (χ3v) is 3.42. The van der Waals surface area contributed by atoms with Gasteiger partial charge in [0.05, 0.1) is 0 Å². The molecule has 5 nitrogen and oxygen atoms in total. The number of likely N-dealkylation sites (tertiary alicyclic amines) is 1. The molecule has 0 spiro atoms. The van der Waals surface area contributed by atoms with E-state index >= 15 is 0 Å². The molecule has 0 bridgehead atoms. The van der Waals surface area contributed by atoms with E-state index in [1.54, 1.807) is 0 Å². The Morgan fingerprint density at radius 3 is 2.61 bits per heavy atom. The molecule has 0 radical (unpaired) electrons. The summed E-state index contributed by atoms with van der Waals surface area (Å²) < 4.78 is 0. The second kappa shape index (κ2) is 6.07. The molecule has 2 amide bonds. The van der Waals surface area contributed by atoms with Crippen molar-refractivity contribution < 1.29 is 14.7 Å². The van der Waals surface area contributed by atoms with E-state index in [2.05, 4.69) is 19.2 Å². The van der Waals surface area contributed by atoms with Crippen molar-refractivity contribution in [3.8, 4) is 0 Å². The molecular weight excluding hydrogens is 232 g/mol. The zero-order chi connectivity index (χ0) is 13.8. The molecular formula is C13H24N2O3. The highest BCUT2D eigenvalue weighted by Gasteiger charge is 2.31. The lowest BCUT2D eigenvalue weighted by atomic mass is 9.93. The number of carboxylic acids is 1. The van der Waals surface area contributed by atoms with Gasteiger partial charge in [-0.15, -0.1) is 0 Å². The van der Waals surface area contributed by atoms with Crippen molar-refractivity contribution in [1.29, 1.82) is 0 Å². The number of carboxylic acid groups (broad SMARTS) is 1. The summed E-state index contributed by atoms with van der Waals surface area (Å²) in [7, 11) is 0. The van der Waals surface area contributed by atoms with Crippen molar-refractivity contribution >= 4 is 12.0 Å². The smallest absolute Gasteiger partial charge is 0.317 e. The van der Waals surface area contributed by atoms with Gasteiger partial charge in [0.2, 0.25) is 0 Å². The van der Waals surface area contributed by atoms with Gasteiger partial charge in [-0.2, -0.15) is 0 Å². The van der Waals surface area contributed by atoms with Gasteiger partial charge in [0.15, 0.2) is 0 Å². The van der Waals surface area contributed by atoms with Crippen LogP contribution in [0.1, 0.15) is 40.0 Å². The number of aliphatic carboxylic acids is 1. The van der Waals surface area contributed by atoms with Gasteiger partial charge >= 0.3 is 12.0 Å². The molecule has 1 fully saturated rings. The van der Waals surface area contributed by atoms with Crippen LogP contribution in [0.3, 0.4) is 0 Å². The molecule has 1 rings (SSSR count). The monoisotopic (exact) mass is 256 g/mol. The minimum atomic E-state index is -0.783. The Bertz CT molecular complexity index is 315. The highest BCUT2D eigenvalue weighted by atomic mass is 16.4. The minimum Gasteiger partial charge on any atom is -0.481 e. The number of urea groups is 1. The average molecular weight is 256 g/mol. The third-order valence-electron chi connectivity index (χ3n) is 3.42. The Morgan fingerprint density at radius 1 is 1.44 bits per heavy atom. The standard InChI is InChI=1S/C13H24N2O3/c1-10(4-5-11(16)17)8-14-12(18)15-7-6-13(2,3)9-15/h10H,4-9H2,1-3H3,(H,14,18)(H,16,17). The molecule has 1 saturated heterocycles. The van der Waals surface area contributed by atoms with Gasteiger partial charge in [-0.3, -0.25) is 4.79 Å². The van der Waals surface area contributed by atoms with Crippen LogP contribution in [-0.2, 0) is 4.79 Å². The van der Waals surface area contributed by atoms with E-state index in [9.17, 15) is 9.59 Å². The van der Waals surface area contributed by atoms with Crippen LogP contribution < -0.4 is 5.32 Å². The van der Waals surface area contributed by atoms with E-state index in [1.165, 1.54) is 0 Å². The Hall–Kier alpha value is -1.26. The van der Waals surface area contributed by atoms with E-state index in [1.807, 2.05) is 11.8 Å². The summed E-state index contributed by atoms with van der Waals surface area (Å²) in [4.78, 5) is 24.1. The SMILES string of the molecule is CC(CCC(=O)O)CNC(=O)N1CCC(C)(C)C1. The first-order valence-electron chi connectivity index (χ1n) is 6.55. The molecule has 1 unspecified atom stereocenters. The summed E-state index contributed by atoms with van der Waals surface area (Å²) in [6.45, 7) is 8.43. The summed E-state index contributed by atoms with van der Waals surface area (Å²) in [5.74, 6) is -0.588. The molecule has 0 aromatic carbocycles. The predicted molar refractivity (Wildman–Crippen MR) is 69.4 cm³/mol. The topological polar surface area (TPSA) is 69.6 Å². The first kappa shape index (κ1) is 14.8. The first-order chi connectivity index (χ1) is 8.30. The van der Waals surface area contributed by atoms with Crippen molar-refractivity contribution in [3.63, 3.8) is 0 Å². The van der Waals surface area contributed by atoms with E-state index in [-0.39, 0.29) is 23.8 Å². The molecule has 0 aliphatic carbocycles. The molecule has 1 aliphatic heterocycles. The molecule has 5 heteroatoms. The maximum Gasteiger partial charge on any atom is 0.317 e. The fourth-order valence-electron chi connectivity index (χ4n) is 2.13. The largest absolute Gasteiger partial charge is 0.481 e. The summed E-state index contributed by atoms with van der Waals surface area (Å²) >= 11 is 0. The predicted octanol–water partition coefficient (Wildman–Crippen LogP) is 1.93. The molecule has 0 aromatic rings. The van der Waals surface area contributed by atoms with Gasteiger partial charge in [0.25, 0.3) is 0 Å². The van der Waals surface area contributed by atoms with Gasteiger partial charge < -0.3 is 15.3 Å². The van der Waals surface area contributed by atoms with E-state index in [4.69, 9.17) is 5.11 Å². The van der Waals surface area contributed by atoms with Crippen LogP contribution in [0.15, 0.2) is 0 Å². The summed E-state index contributed by atoms with van der Waals surface area (Å²) in [5.41, 5.74) is 0.215. The van der Waals surface area contributed by atoms with Crippen LogP contribution in [0.4, 0.5) is 4.79 Å². The average Bonchev–Trinajstić information content (AvgIpc) is 2.63. The maximum absolute atomic E-state index is 11.9. The van der Waals surface area contributed by atoms with Crippen molar-refractivity contribution in [1.82, 2.24) is 10.2 Å². The quantitative estimate of drug-likeness (QED) is 0.789. The molecule has 18 heavy (non-hydrogen) atoms. The number of carbonyl (C=O) groups excluding carboxylic acids is 1. The van der Waals surface area contributed by atoms with E-state index in [0.717, 1.165) is 19.5 Å². The lowest BCUT2D eigenvalue weighted by Crippen LogP contribution is -2.40. The van der Waals surface area contributed by atoms with Gasteiger partial charge in [0, 0.05) is 26.1 Å². The normalized spacial score (nSPS) is 19.6. The van der Waals surface area contributed by atoms with Gasteiger partial charge in [-0.25, -0.2) is 4.79 Å². The van der Waals surface area contributed by atoms with E-state index < -0.39 is 5.97 Å². The van der Waals surface area contributed by atoms with Gasteiger partial charge in [-0.1, -0.05) is 20.8 Å². The van der Waals surface area contributed by atoms with Crippen molar-refractivity contribution in [3.05, 3.63) is 0 Å². The van der Waals surface area contributed by atoms with Crippen molar-refractivity contribution in [2.75, 3.05) is 19.6 Å². The number of nitrogens with one attached hydrogen (secondary N) is 1. The molecule has 1 heterocycles. The molecule has 0 aromatic heterocycles. The Balaban J connectivity index is 2.23. The number of nitrogens with zero attached hydrogens (tertiary/aromatic N) is 1. The molecule has 1 atom stereocenters. The van der Waals surface area contributed by atoms with Crippen LogP contribution >= 0.6 is 0 Å². The van der Waals surface area contributed by atoms with Crippen LogP contribution in [0.5, 0.6) is 0 Å². The summed E-state index contributed by atoms with van der Waals surface area (Å²) in [5, 5.41) is 11.5. The second-order valence-electron chi connectivity index (χ2n) is 6.06. The maximum atomic E-state index is 11.9. The van der Waals surface area contributed by atoms with Crippen LogP contribution in [0.25, 0.3) is 0 Å². The fraction of sp³-hybridized carbons (Fsp3) is 0.846. The third kappa shape index (κ3) is 4.94. The second-order valence-corrected chi connectivity index (χ2v) is 6.06. The van der Waals surface area contributed by atoms with Crippen molar-refractivity contribution in [2.24, 2.45) is 11.3 Å². The van der Waals surface area contributed by atoms with Gasteiger partial charge in [0.1, 0.15) is 0 Å². The minimum absolute atomic E-state index is 0.0252. The van der Waals surface area contributed by atoms with E-state index in [0.29, 0.717) is 13.0 Å². The number of amides is 2. The van der Waals surface area contributed by atoms with Gasteiger partial charge in [-0.05, 0) is 24.2 Å². The van der Waals surface area contributed by atoms with Crippen molar-refractivity contribution in [2.45, 2.75) is 40.0 Å². The molecule has 0 saturated carbocycles. The van der Waals surface area contributed by atoms with Crippen LogP contribution in [0.2, 0.25) is 0 Å². The zero-order valence-electron chi connectivity index (χ0n) is 11.5. The highest BCUT2D eigenvalue weighted by molar-refractivity contribution is 5.74. The van der Waals surface area contributed by atoms with Crippen LogP contribution in [-0.4, -0.2) is 41.6 Å². The number of hydrogen-bond donors (Lipinski definition) is 2. The summed E-state index contributed by atoms with van der Waals surface area (Å²) in [6.07, 6.45) is 1.80.